The van der Waals surface area contributed by atoms with Crippen molar-refractivity contribution in [1.82, 2.24) is 15.4 Å². The normalized spacial score (nSPS) is 16.0. The number of nitrogens with zero attached hydrogens (tertiary/aromatic N) is 3. The molecule has 0 aliphatic carbocycles. The maximum Gasteiger partial charge on any atom is 0.189 e. The molecule has 1 fully saturated rings. The highest BCUT2D eigenvalue weighted by molar-refractivity contribution is 14.0. The lowest BCUT2D eigenvalue weighted by molar-refractivity contribution is 0.0376. The molecular formula is C17H32IN5O2. The fourth-order valence-corrected chi connectivity index (χ4v) is 2.87. The standard InChI is InChI=1S/C17H31N5O2.HI/c1-3-14(4-2)16-12-15(24-21-16)13-20-17(18)19-6-5-7-22-8-10-23-11-9-22;/h12,14H,3-11,13H2,1-2H3,(H3,18,19,20);1H. The van der Waals surface area contributed by atoms with Crippen molar-refractivity contribution in [2.75, 3.05) is 39.4 Å². The Hall–Kier alpha value is -0.870. The van der Waals surface area contributed by atoms with Gasteiger partial charge in [-0.3, -0.25) is 4.90 Å². The Bertz CT molecular complexity index is 499. The number of guanidine groups is 1. The van der Waals surface area contributed by atoms with E-state index in [0.29, 0.717) is 18.4 Å². The van der Waals surface area contributed by atoms with E-state index in [1.807, 2.05) is 6.07 Å². The number of rotatable bonds is 9. The number of hydrogen-bond acceptors (Lipinski definition) is 5. The predicted octanol–water partition coefficient (Wildman–Crippen LogP) is 2.32. The summed E-state index contributed by atoms with van der Waals surface area (Å²) in [6.45, 7) is 10.4. The quantitative estimate of drug-likeness (QED) is 0.252. The van der Waals surface area contributed by atoms with Crippen LogP contribution in [0.15, 0.2) is 15.6 Å². The van der Waals surface area contributed by atoms with Crippen molar-refractivity contribution < 1.29 is 9.26 Å². The Balaban J connectivity index is 0.00000312. The van der Waals surface area contributed by atoms with Crippen LogP contribution in [0.3, 0.4) is 0 Å². The Morgan fingerprint density at radius 3 is 2.76 bits per heavy atom. The van der Waals surface area contributed by atoms with Crippen LogP contribution in [0.2, 0.25) is 0 Å². The minimum atomic E-state index is 0. The molecule has 1 aliphatic heterocycles. The Morgan fingerprint density at radius 2 is 2.08 bits per heavy atom. The second kappa shape index (κ2) is 12.5. The first-order valence-electron chi connectivity index (χ1n) is 9.02. The van der Waals surface area contributed by atoms with Gasteiger partial charge in [0.2, 0.25) is 0 Å². The summed E-state index contributed by atoms with van der Waals surface area (Å²) in [5, 5.41) is 7.29. The summed E-state index contributed by atoms with van der Waals surface area (Å²) >= 11 is 0. The zero-order valence-corrected chi connectivity index (χ0v) is 17.7. The fourth-order valence-electron chi connectivity index (χ4n) is 2.87. The molecule has 7 nitrogen and oxygen atoms in total. The summed E-state index contributed by atoms with van der Waals surface area (Å²) in [6, 6.07) is 1.99. The average molecular weight is 465 g/mol. The lowest BCUT2D eigenvalue weighted by Gasteiger charge is -2.26. The molecule has 0 radical (unpaired) electrons. The van der Waals surface area contributed by atoms with Crippen molar-refractivity contribution in [3.63, 3.8) is 0 Å². The molecule has 1 aliphatic rings. The van der Waals surface area contributed by atoms with E-state index >= 15 is 0 Å². The molecule has 1 aromatic heterocycles. The molecule has 2 rings (SSSR count). The first-order valence-corrected chi connectivity index (χ1v) is 9.02. The van der Waals surface area contributed by atoms with E-state index in [0.717, 1.165) is 70.1 Å². The van der Waals surface area contributed by atoms with Gasteiger partial charge in [-0.15, -0.1) is 24.0 Å². The molecule has 25 heavy (non-hydrogen) atoms. The number of aromatic nitrogens is 1. The van der Waals surface area contributed by atoms with Crippen LogP contribution >= 0.6 is 24.0 Å². The maximum absolute atomic E-state index is 5.90. The summed E-state index contributed by atoms with van der Waals surface area (Å²) in [4.78, 5) is 6.73. The molecule has 1 aromatic rings. The molecule has 8 heteroatoms. The molecule has 0 atom stereocenters. The first-order chi connectivity index (χ1) is 11.7. The number of morpholine rings is 1. The van der Waals surface area contributed by atoms with Crippen LogP contribution in [0.1, 0.15) is 50.5 Å². The third kappa shape index (κ3) is 7.91. The number of nitrogens with two attached hydrogens (primary N) is 1. The van der Waals surface area contributed by atoms with Gasteiger partial charge >= 0.3 is 0 Å². The largest absolute Gasteiger partial charge is 0.379 e. The highest BCUT2D eigenvalue weighted by Gasteiger charge is 2.12. The maximum atomic E-state index is 5.90. The van der Waals surface area contributed by atoms with Crippen molar-refractivity contribution in [2.24, 2.45) is 10.7 Å². The summed E-state index contributed by atoms with van der Waals surface area (Å²) in [6.07, 6.45) is 3.18. The molecule has 144 valence electrons. The lowest BCUT2D eigenvalue weighted by Crippen LogP contribution is -2.39. The second-order valence-electron chi connectivity index (χ2n) is 6.17. The van der Waals surface area contributed by atoms with Crippen molar-refractivity contribution in [3.8, 4) is 0 Å². The molecule has 0 bridgehead atoms. The van der Waals surface area contributed by atoms with Crippen molar-refractivity contribution >= 4 is 29.9 Å². The number of ether oxygens (including phenoxy) is 1. The van der Waals surface area contributed by atoms with E-state index in [2.05, 4.69) is 34.2 Å². The monoisotopic (exact) mass is 465 g/mol. The van der Waals surface area contributed by atoms with Crippen LogP contribution in [0.25, 0.3) is 0 Å². The van der Waals surface area contributed by atoms with Gasteiger partial charge in [0, 0.05) is 31.6 Å². The third-order valence-electron chi connectivity index (χ3n) is 4.45. The van der Waals surface area contributed by atoms with Gasteiger partial charge in [0.05, 0.1) is 18.9 Å². The summed E-state index contributed by atoms with van der Waals surface area (Å²) in [5.74, 6) is 1.68. The predicted molar refractivity (Wildman–Crippen MR) is 110 cm³/mol. The zero-order valence-electron chi connectivity index (χ0n) is 15.4. The SMILES string of the molecule is CCC(CC)c1cc(CN=C(N)NCCCN2CCOCC2)on1.I. The van der Waals surface area contributed by atoms with Crippen molar-refractivity contribution in [1.29, 1.82) is 0 Å². The van der Waals surface area contributed by atoms with Crippen LogP contribution in [-0.4, -0.2) is 55.4 Å². The molecule has 0 unspecified atom stereocenters. The van der Waals surface area contributed by atoms with Crippen LogP contribution in [0.4, 0.5) is 0 Å². The van der Waals surface area contributed by atoms with Crippen molar-refractivity contribution in [3.05, 3.63) is 17.5 Å². The number of hydrogen-bond donors (Lipinski definition) is 2. The number of halogens is 1. The van der Waals surface area contributed by atoms with Crippen LogP contribution in [0, 0.1) is 0 Å². The van der Waals surface area contributed by atoms with Crippen LogP contribution in [-0.2, 0) is 11.3 Å². The Labute approximate surface area is 167 Å². The molecule has 0 aromatic carbocycles. The van der Waals surface area contributed by atoms with Crippen molar-refractivity contribution in [2.45, 2.75) is 45.6 Å². The molecule has 0 spiro atoms. The number of aliphatic imine (C=N–C) groups is 1. The number of nitrogens with one attached hydrogen (secondary N) is 1. The van der Waals surface area contributed by atoms with Gasteiger partial charge in [-0.25, -0.2) is 4.99 Å². The van der Waals surface area contributed by atoms with E-state index in [1.165, 1.54) is 0 Å². The minimum Gasteiger partial charge on any atom is -0.379 e. The van der Waals surface area contributed by atoms with Crippen LogP contribution in [0.5, 0.6) is 0 Å². The van der Waals surface area contributed by atoms with Gasteiger partial charge in [-0.1, -0.05) is 19.0 Å². The summed E-state index contributed by atoms with van der Waals surface area (Å²) < 4.78 is 10.7. The highest BCUT2D eigenvalue weighted by Crippen LogP contribution is 2.22. The van der Waals surface area contributed by atoms with E-state index in [4.69, 9.17) is 15.0 Å². The van der Waals surface area contributed by atoms with Gasteiger partial charge < -0.3 is 20.3 Å². The molecule has 1 saturated heterocycles. The summed E-state index contributed by atoms with van der Waals surface area (Å²) in [7, 11) is 0. The molecule has 3 N–H and O–H groups in total. The highest BCUT2D eigenvalue weighted by atomic mass is 127. The molecule has 2 heterocycles. The Kier molecular flexibility index (Phi) is 11.1. The molecular weight excluding hydrogens is 433 g/mol. The third-order valence-corrected chi connectivity index (χ3v) is 4.45. The second-order valence-corrected chi connectivity index (χ2v) is 6.17. The summed E-state index contributed by atoms with van der Waals surface area (Å²) in [5.41, 5.74) is 6.92. The van der Waals surface area contributed by atoms with E-state index in [1.54, 1.807) is 0 Å². The lowest BCUT2D eigenvalue weighted by atomic mass is 9.99. The minimum absolute atomic E-state index is 0. The molecule has 0 amide bonds. The van der Waals surface area contributed by atoms with Gasteiger partial charge in [0.15, 0.2) is 11.7 Å². The fraction of sp³-hybridized carbons (Fsp3) is 0.765. The smallest absolute Gasteiger partial charge is 0.189 e. The van der Waals surface area contributed by atoms with Crippen LogP contribution < -0.4 is 11.1 Å². The molecule has 0 saturated carbocycles. The Morgan fingerprint density at radius 1 is 1.36 bits per heavy atom. The van der Waals surface area contributed by atoms with Gasteiger partial charge in [-0.2, -0.15) is 0 Å². The topological polar surface area (TPSA) is 88.9 Å². The first kappa shape index (κ1) is 22.2. The zero-order chi connectivity index (χ0) is 17.2. The van der Waals surface area contributed by atoms with E-state index < -0.39 is 0 Å². The van der Waals surface area contributed by atoms with E-state index in [9.17, 15) is 0 Å². The van der Waals surface area contributed by atoms with Gasteiger partial charge in [0.1, 0.15) is 6.54 Å². The van der Waals surface area contributed by atoms with E-state index in [-0.39, 0.29) is 24.0 Å². The van der Waals surface area contributed by atoms with Gasteiger partial charge in [-0.05, 0) is 25.8 Å². The van der Waals surface area contributed by atoms with Gasteiger partial charge in [0.25, 0.3) is 0 Å². The average Bonchev–Trinajstić information content (AvgIpc) is 3.08.